The lowest BCUT2D eigenvalue weighted by molar-refractivity contribution is -0.137. The lowest BCUT2D eigenvalue weighted by atomic mass is 9.63. The van der Waals surface area contributed by atoms with Crippen molar-refractivity contribution in [2.75, 3.05) is 13.2 Å². The van der Waals surface area contributed by atoms with E-state index in [9.17, 15) is 19.5 Å². The molecule has 0 amide bonds. The average Bonchev–Trinajstić information content (AvgIpc) is 2.90. The zero-order valence-corrected chi connectivity index (χ0v) is 28.7. The predicted molar refractivity (Wildman–Crippen MR) is 178 cm³/mol. The molecule has 5 rings (SSSR count). The minimum atomic E-state index is -0.906. The molecular formula is C36H42INO6. The number of ketones is 2. The zero-order chi connectivity index (χ0) is 32.0. The van der Waals surface area contributed by atoms with Crippen molar-refractivity contribution in [2.45, 2.75) is 86.2 Å². The number of allylic oxidation sites excluding steroid dienone is 4. The summed E-state index contributed by atoms with van der Waals surface area (Å²) in [5.74, 6) is -0.224. The Morgan fingerprint density at radius 3 is 2.02 bits per heavy atom. The third-order valence-electron chi connectivity index (χ3n) is 8.74. The van der Waals surface area contributed by atoms with E-state index >= 15 is 0 Å². The number of aryl methyl sites for hydroxylation is 1. The Bertz CT molecular complexity index is 1510. The Morgan fingerprint density at radius 2 is 1.50 bits per heavy atom. The first-order valence-electron chi connectivity index (χ1n) is 15.4. The topological polar surface area (TPSA) is 93.1 Å². The van der Waals surface area contributed by atoms with E-state index in [0.29, 0.717) is 61.5 Å². The Labute approximate surface area is 273 Å². The number of carboxylic acids is 1. The summed E-state index contributed by atoms with van der Waals surface area (Å²) in [6.45, 7) is 13.3. The molecule has 0 unspecified atom stereocenters. The van der Waals surface area contributed by atoms with E-state index in [1.165, 1.54) is 5.56 Å². The molecule has 44 heavy (non-hydrogen) atoms. The second kappa shape index (κ2) is 12.3. The predicted octanol–water partition coefficient (Wildman–Crippen LogP) is 7.74. The standard InChI is InChI=1S/C36H42INO6/c1-7-43-29-15-23(14-24(37)34(29)44-20-22-10-8-21(2)9-11-22)31-32-25(16-35(3,4)18-27(32)39)38(13-12-30(41)42)26-17-36(5,6)19-28(40)33(26)31/h8-11,14-15,31H,7,12-13,16-20H2,1-6H3,(H,41,42). The van der Waals surface area contributed by atoms with Gasteiger partial charge in [0, 0.05) is 47.8 Å². The smallest absolute Gasteiger partial charge is 0.305 e. The summed E-state index contributed by atoms with van der Waals surface area (Å²) in [6.07, 6.45) is 1.90. The summed E-state index contributed by atoms with van der Waals surface area (Å²) in [4.78, 5) is 41.9. The first-order valence-corrected chi connectivity index (χ1v) is 16.4. The molecule has 234 valence electrons. The molecule has 2 aliphatic carbocycles. The van der Waals surface area contributed by atoms with Gasteiger partial charge in [0.25, 0.3) is 0 Å². The average molecular weight is 712 g/mol. The maximum absolute atomic E-state index is 14.1. The van der Waals surface area contributed by atoms with Crippen LogP contribution in [-0.4, -0.2) is 40.7 Å². The maximum Gasteiger partial charge on any atom is 0.305 e. The lowest BCUT2D eigenvalue weighted by Crippen LogP contribution is -2.45. The van der Waals surface area contributed by atoms with Gasteiger partial charge in [-0.1, -0.05) is 57.5 Å². The van der Waals surface area contributed by atoms with E-state index in [1.54, 1.807) is 0 Å². The Morgan fingerprint density at radius 1 is 0.932 bits per heavy atom. The van der Waals surface area contributed by atoms with Crippen molar-refractivity contribution in [1.29, 1.82) is 0 Å². The quantitative estimate of drug-likeness (QED) is 0.266. The zero-order valence-electron chi connectivity index (χ0n) is 26.5. The van der Waals surface area contributed by atoms with Gasteiger partial charge in [-0.25, -0.2) is 0 Å². The molecular weight excluding hydrogens is 669 g/mol. The number of nitrogens with zero attached hydrogens (tertiary/aromatic N) is 1. The molecule has 1 aliphatic heterocycles. The van der Waals surface area contributed by atoms with Crippen LogP contribution in [0.3, 0.4) is 0 Å². The fraction of sp³-hybridized carbons (Fsp3) is 0.472. The Balaban J connectivity index is 1.67. The number of carboxylic acid groups (broad SMARTS) is 1. The molecule has 8 heteroatoms. The van der Waals surface area contributed by atoms with Crippen molar-refractivity contribution in [3.05, 3.63) is 79.2 Å². The maximum atomic E-state index is 14.1. The Hall–Kier alpha value is -3.14. The van der Waals surface area contributed by atoms with Crippen LogP contribution in [0, 0.1) is 21.3 Å². The van der Waals surface area contributed by atoms with Crippen molar-refractivity contribution in [3.8, 4) is 11.5 Å². The number of hydrogen-bond donors (Lipinski definition) is 1. The van der Waals surface area contributed by atoms with Crippen molar-refractivity contribution in [3.63, 3.8) is 0 Å². The number of benzene rings is 2. The summed E-state index contributed by atoms with van der Waals surface area (Å²) in [7, 11) is 0. The minimum absolute atomic E-state index is 0.0124. The van der Waals surface area contributed by atoms with Gasteiger partial charge in [-0.15, -0.1) is 0 Å². The van der Waals surface area contributed by atoms with Crippen molar-refractivity contribution in [1.82, 2.24) is 4.90 Å². The summed E-state index contributed by atoms with van der Waals surface area (Å²) in [6, 6.07) is 12.2. The molecule has 1 N–H and O–H groups in total. The molecule has 3 aliphatic rings. The highest BCUT2D eigenvalue weighted by atomic mass is 127. The highest BCUT2D eigenvalue weighted by Crippen LogP contribution is 2.55. The number of ether oxygens (including phenoxy) is 2. The first-order chi connectivity index (χ1) is 20.7. The van der Waals surface area contributed by atoms with E-state index in [2.05, 4.69) is 62.4 Å². The number of aliphatic carboxylic acids is 1. The number of halogens is 1. The number of rotatable bonds is 9. The van der Waals surface area contributed by atoms with Crippen LogP contribution in [0.2, 0.25) is 0 Å². The van der Waals surface area contributed by atoms with Crippen LogP contribution in [0.5, 0.6) is 11.5 Å². The van der Waals surface area contributed by atoms with E-state index in [0.717, 1.165) is 26.1 Å². The molecule has 0 radical (unpaired) electrons. The molecule has 0 spiro atoms. The number of Topliss-reactive ketones (excluding diaryl/α,β-unsaturated/α-hetero) is 2. The van der Waals surface area contributed by atoms with Crippen LogP contribution in [0.25, 0.3) is 0 Å². The second-order valence-electron chi connectivity index (χ2n) is 13.9. The molecule has 0 aromatic heterocycles. The molecule has 0 atom stereocenters. The van der Waals surface area contributed by atoms with E-state index in [-0.39, 0.29) is 35.4 Å². The van der Waals surface area contributed by atoms with Crippen LogP contribution in [0.1, 0.15) is 89.3 Å². The first kappa shape index (κ1) is 32.3. The summed E-state index contributed by atoms with van der Waals surface area (Å²) >= 11 is 2.25. The second-order valence-corrected chi connectivity index (χ2v) is 15.0. The molecule has 0 saturated carbocycles. The molecule has 1 heterocycles. The highest BCUT2D eigenvalue weighted by molar-refractivity contribution is 14.1. The van der Waals surface area contributed by atoms with Crippen LogP contribution >= 0.6 is 22.6 Å². The fourth-order valence-corrected chi connectivity index (χ4v) is 7.64. The number of hydrogen-bond acceptors (Lipinski definition) is 6. The van der Waals surface area contributed by atoms with Crippen LogP contribution in [0.15, 0.2) is 58.9 Å². The van der Waals surface area contributed by atoms with Gasteiger partial charge in [0.05, 0.1) is 16.6 Å². The SMILES string of the molecule is CCOc1cc(C2C3=C(CC(C)(C)CC3=O)N(CCC(=O)O)C3=C2C(=O)CC(C)(C)C3)cc(I)c1OCc1ccc(C)cc1. The van der Waals surface area contributed by atoms with Gasteiger partial charge in [0.1, 0.15) is 6.61 Å². The van der Waals surface area contributed by atoms with Crippen molar-refractivity contribution >= 4 is 40.1 Å². The van der Waals surface area contributed by atoms with Crippen molar-refractivity contribution < 1.29 is 29.0 Å². The van der Waals surface area contributed by atoms with Gasteiger partial charge in [-0.2, -0.15) is 0 Å². The van der Waals surface area contributed by atoms with Gasteiger partial charge in [0.15, 0.2) is 23.1 Å². The fourth-order valence-electron chi connectivity index (χ4n) is 6.86. The summed E-state index contributed by atoms with van der Waals surface area (Å²) < 4.78 is 13.3. The molecule has 0 bridgehead atoms. The van der Waals surface area contributed by atoms with Crippen LogP contribution in [0.4, 0.5) is 0 Å². The van der Waals surface area contributed by atoms with Gasteiger partial charge < -0.3 is 19.5 Å². The largest absolute Gasteiger partial charge is 0.490 e. The van der Waals surface area contributed by atoms with E-state index in [1.807, 2.05) is 43.0 Å². The number of carbonyl (C=O) groups is 3. The van der Waals surface area contributed by atoms with Gasteiger partial charge in [-0.3, -0.25) is 14.4 Å². The van der Waals surface area contributed by atoms with Crippen LogP contribution < -0.4 is 9.47 Å². The van der Waals surface area contributed by atoms with E-state index < -0.39 is 11.9 Å². The normalized spacial score (nSPS) is 19.6. The molecule has 2 aromatic carbocycles. The van der Waals surface area contributed by atoms with E-state index in [4.69, 9.17) is 9.47 Å². The van der Waals surface area contributed by atoms with Crippen LogP contribution in [-0.2, 0) is 21.0 Å². The lowest BCUT2D eigenvalue weighted by Gasteiger charge is -2.49. The molecule has 7 nitrogen and oxygen atoms in total. The minimum Gasteiger partial charge on any atom is -0.490 e. The third kappa shape index (κ3) is 6.60. The van der Waals surface area contributed by atoms with Crippen molar-refractivity contribution in [2.24, 2.45) is 10.8 Å². The molecule has 0 saturated heterocycles. The highest BCUT2D eigenvalue weighted by Gasteiger charge is 2.49. The monoisotopic (exact) mass is 711 g/mol. The third-order valence-corrected chi connectivity index (χ3v) is 9.54. The number of carbonyl (C=O) groups excluding carboxylic acids is 2. The van der Waals surface area contributed by atoms with Gasteiger partial charge >= 0.3 is 5.97 Å². The van der Waals surface area contributed by atoms with Gasteiger partial charge in [-0.05, 0) is 83.4 Å². The Kier molecular flexibility index (Phi) is 9.04. The molecule has 0 fully saturated rings. The molecule has 2 aromatic rings. The van der Waals surface area contributed by atoms with Gasteiger partial charge in [0.2, 0.25) is 0 Å². The summed E-state index contributed by atoms with van der Waals surface area (Å²) in [5.41, 5.74) is 5.42. The summed E-state index contributed by atoms with van der Waals surface area (Å²) in [5, 5.41) is 9.62.